The Morgan fingerprint density at radius 1 is 1.14 bits per heavy atom. The third-order valence-electron chi connectivity index (χ3n) is 3.09. The van der Waals surface area contributed by atoms with E-state index in [1.54, 1.807) is 30.3 Å². The van der Waals surface area contributed by atoms with Gasteiger partial charge in [-0.2, -0.15) is 5.10 Å². The van der Waals surface area contributed by atoms with Gasteiger partial charge in [-0.1, -0.05) is 17.7 Å². The van der Waals surface area contributed by atoms with Crippen LogP contribution in [-0.2, 0) is 15.8 Å². The molecule has 1 aliphatic heterocycles. The fourth-order valence-electron chi connectivity index (χ4n) is 2.14. The molecule has 0 amide bonds. The molecule has 21 heavy (non-hydrogen) atoms. The smallest absolute Gasteiger partial charge is 0.207 e. The first-order valence-corrected chi connectivity index (χ1v) is 8.09. The normalized spacial score (nSPS) is 16.4. The molecule has 108 valence electrons. The van der Waals surface area contributed by atoms with Crippen molar-refractivity contribution in [3.63, 3.8) is 0 Å². The van der Waals surface area contributed by atoms with Crippen molar-refractivity contribution in [2.24, 2.45) is 5.10 Å². The van der Waals surface area contributed by atoms with Gasteiger partial charge in [-0.25, -0.2) is 17.6 Å². The molecule has 0 spiro atoms. The molecule has 0 atom stereocenters. The van der Waals surface area contributed by atoms with E-state index in [4.69, 9.17) is 11.6 Å². The Balaban J connectivity index is 2.22. The number of rotatable bonds is 1. The van der Waals surface area contributed by atoms with E-state index in [0.717, 1.165) is 0 Å². The number of hydrazone groups is 1. The van der Waals surface area contributed by atoms with E-state index in [0.29, 0.717) is 27.4 Å². The topological polar surface area (TPSA) is 58.5 Å². The van der Waals surface area contributed by atoms with Gasteiger partial charge in [-0.15, -0.1) is 0 Å². The second kappa shape index (κ2) is 5.13. The van der Waals surface area contributed by atoms with E-state index in [-0.39, 0.29) is 11.6 Å². The summed E-state index contributed by atoms with van der Waals surface area (Å²) in [6.45, 7) is 0. The van der Waals surface area contributed by atoms with Gasteiger partial charge in [-0.3, -0.25) is 0 Å². The third-order valence-corrected chi connectivity index (χ3v) is 4.38. The lowest BCUT2D eigenvalue weighted by molar-refractivity contribution is 0.584. The zero-order valence-corrected chi connectivity index (χ0v) is 12.2. The Labute approximate surface area is 126 Å². The van der Waals surface area contributed by atoms with Crippen LogP contribution in [0.3, 0.4) is 0 Å². The molecule has 0 saturated carbocycles. The minimum atomic E-state index is -3.55. The number of halogens is 2. The molecular weight excluding hydrogens is 315 g/mol. The zero-order chi connectivity index (χ0) is 15.0. The van der Waals surface area contributed by atoms with Crippen molar-refractivity contribution >= 4 is 27.3 Å². The highest BCUT2D eigenvalue weighted by molar-refractivity contribution is 7.88. The third kappa shape index (κ3) is 2.91. The molecule has 0 fully saturated rings. The maximum Gasteiger partial charge on any atom is 0.251 e. The molecule has 0 aliphatic carbocycles. The predicted molar refractivity (Wildman–Crippen MR) is 79.3 cm³/mol. The lowest BCUT2D eigenvalue weighted by Crippen LogP contribution is -2.18. The SMILES string of the molecule is O=S1(=O)Cc2ccc(Cl)cc2C(c2ccc(F)cc2)=NN1. The van der Waals surface area contributed by atoms with Gasteiger partial charge in [0.15, 0.2) is 0 Å². The van der Waals surface area contributed by atoms with Gasteiger partial charge in [0, 0.05) is 16.1 Å². The molecular formula is C14H10ClFN2O2S. The quantitative estimate of drug-likeness (QED) is 0.876. The van der Waals surface area contributed by atoms with E-state index in [9.17, 15) is 12.8 Å². The number of nitrogens with zero attached hydrogens (tertiary/aromatic N) is 1. The van der Waals surface area contributed by atoms with Gasteiger partial charge < -0.3 is 0 Å². The van der Waals surface area contributed by atoms with Crippen LogP contribution in [0.4, 0.5) is 4.39 Å². The lowest BCUT2D eigenvalue weighted by atomic mass is 9.98. The molecule has 0 bridgehead atoms. The largest absolute Gasteiger partial charge is 0.251 e. The molecule has 1 N–H and O–H groups in total. The predicted octanol–water partition coefficient (Wildman–Crippen LogP) is 2.66. The first-order valence-electron chi connectivity index (χ1n) is 6.06. The Hall–Kier alpha value is -1.92. The molecule has 0 aromatic heterocycles. The van der Waals surface area contributed by atoms with Crippen molar-refractivity contribution in [3.8, 4) is 0 Å². The fraction of sp³-hybridized carbons (Fsp3) is 0.0714. The molecule has 1 heterocycles. The van der Waals surface area contributed by atoms with E-state index >= 15 is 0 Å². The van der Waals surface area contributed by atoms with Gasteiger partial charge in [0.1, 0.15) is 5.82 Å². The highest BCUT2D eigenvalue weighted by Crippen LogP contribution is 2.24. The summed E-state index contributed by atoms with van der Waals surface area (Å²) in [5.74, 6) is -0.562. The number of hydrogen-bond acceptors (Lipinski definition) is 3. The first-order chi connectivity index (χ1) is 9.94. The minimum absolute atomic E-state index is 0.187. The fourth-order valence-corrected chi connectivity index (χ4v) is 3.26. The average molecular weight is 325 g/mol. The molecule has 0 unspecified atom stereocenters. The molecule has 2 aromatic carbocycles. The van der Waals surface area contributed by atoms with E-state index in [1.807, 2.05) is 0 Å². The van der Waals surface area contributed by atoms with Crippen LogP contribution in [0.15, 0.2) is 47.6 Å². The van der Waals surface area contributed by atoms with Crippen LogP contribution in [0.1, 0.15) is 16.7 Å². The minimum Gasteiger partial charge on any atom is -0.207 e. The van der Waals surface area contributed by atoms with Crippen molar-refractivity contribution in [2.75, 3.05) is 0 Å². The van der Waals surface area contributed by atoms with Crippen molar-refractivity contribution in [2.45, 2.75) is 5.75 Å². The first kappa shape index (κ1) is 14.0. The maximum atomic E-state index is 13.0. The summed E-state index contributed by atoms with van der Waals surface area (Å²) in [4.78, 5) is 2.17. The van der Waals surface area contributed by atoms with Crippen LogP contribution < -0.4 is 4.83 Å². The van der Waals surface area contributed by atoms with Crippen molar-refractivity contribution in [1.29, 1.82) is 0 Å². The van der Waals surface area contributed by atoms with E-state index in [1.165, 1.54) is 12.1 Å². The summed E-state index contributed by atoms with van der Waals surface area (Å²) in [5, 5.41) is 4.43. The molecule has 2 aromatic rings. The number of nitrogens with one attached hydrogen (secondary N) is 1. The van der Waals surface area contributed by atoms with Crippen molar-refractivity contribution in [3.05, 3.63) is 70.0 Å². The van der Waals surface area contributed by atoms with Crippen LogP contribution >= 0.6 is 11.6 Å². The summed E-state index contributed by atoms with van der Waals surface area (Å²) in [6.07, 6.45) is 0. The summed E-state index contributed by atoms with van der Waals surface area (Å²) >= 11 is 5.99. The lowest BCUT2D eigenvalue weighted by Gasteiger charge is -2.08. The summed E-state index contributed by atoms with van der Waals surface area (Å²) in [7, 11) is -3.55. The van der Waals surface area contributed by atoms with Crippen LogP contribution in [0.2, 0.25) is 5.02 Å². The second-order valence-corrected chi connectivity index (χ2v) is 6.76. The summed E-state index contributed by atoms with van der Waals surface area (Å²) < 4.78 is 36.7. The molecule has 0 saturated heterocycles. The Morgan fingerprint density at radius 3 is 2.57 bits per heavy atom. The Bertz CT molecular complexity index is 833. The number of hydrogen-bond donors (Lipinski definition) is 1. The second-order valence-electron chi connectivity index (χ2n) is 4.62. The Morgan fingerprint density at radius 2 is 1.86 bits per heavy atom. The number of benzene rings is 2. The van der Waals surface area contributed by atoms with Gasteiger partial charge in [0.05, 0.1) is 11.5 Å². The van der Waals surface area contributed by atoms with E-state index < -0.39 is 10.0 Å². The molecule has 7 heteroatoms. The van der Waals surface area contributed by atoms with Crippen LogP contribution in [0.25, 0.3) is 0 Å². The van der Waals surface area contributed by atoms with Crippen LogP contribution in [0, 0.1) is 5.82 Å². The highest BCUT2D eigenvalue weighted by atomic mass is 35.5. The molecule has 4 nitrogen and oxygen atoms in total. The average Bonchev–Trinajstić information content (AvgIpc) is 2.55. The van der Waals surface area contributed by atoms with Crippen molar-refractivity contribution in [1.82, 2.24) is 4.83 Å². The number of sulfonamides is 1. The molecule has 3 rings (SSSR count). The maximum absolute atomic E-state index is 13.0. The van der Waals surface area contributed by atoms with Gasteiger partial charge in [-0.05, 0) is 42.0 Å². The summed E-state index contributed by atoms with van der Waals surface area (Å²) in [5.41, 5.74) is 2.22. The van der Waals surface area contributed by atoms with Crippen LogP contribution in [-0.4, -0.2) is 14.1 Å². The zero-order valence-electron chi connectivity index (χ0n) is 10.7. The van der Waals surface area contributed by atoms with Gasteiger partial charge >= 0.3 is 0 Å². The van der Waals surface area contributed by atoms with Gasteiger partial charge in [0.25, 0.3) is 10.0 Å². The molecule has 1 aliphatic rings. The monoisotopic (exact) mass is 324 g/mol. The van der Waals surface area contributed by atoms with Crippen LogP contribution in [0.5, 0.6) is 0 Å². The number of fused-ring (bicyclic) bond motifs is 1. The highest BCUT2D eigenvalue weighted by Gasteiger charge is 2.22. The van der Waals surface area contributed by atoms with Gasteiger partial charge in [0.2, 0.25) is 0 Å². The summed E-state index contributed by atoms with van der Waals surface area (Å²) in [6, 6.07) is 10.6. The van der Waals surface area contributed by atoms with E-state index in [2.05, 4.69) is 9.93 Å². The Kier molecular flexibility index (Phi) is 3.43. The standard InChI is InChI=1S/C14H10ClFN2O2S/c15-11-4-1-10-8-21(19,20)18-17-14(13(10)7-11)9-2-5-12(16)6-3-9/h1-7,18H,8H2. The van der Waals surface area contributed by atoms with Crippen molar-refractivity contribution < 1.29 is 12.8 Å². The molecule has 0 radical (unpaired) electrons.